The number of carbonyl (C=O) groups is 1. The molecule has 0 radical (unpaired) electrons. The molecule has 2 N–H and O–H groups in total. The second-order valence-corrected chi connectivity index (χ2v) is 3.91. The molecule has 1 aliphatic rings. The third kappa shape index (κ3) is 2.84. The van der Waals surface area contributed by atoms with Crippen molar-refractivity contribution in [1.29, 1.82) is 0 Å². The van der Waals surface area contributed by atoms with Crippen LogP contribution >= 0.6 is 0 Å². The molecule has 0 aromatic rings. The van der Waals surface area contributed by atoms with Gasteiger partial charge in [-0.3, -0.25) is 4.79 Å². The minimum Gasteiger partial charge on any atom is -0.335 e. The summed E-state index contributed by atoms with van der Waals surface area (Å²) in [5, 5.41) is 0. The maximum Gasteiger partial charge on any atom is 0.240 e. The lowest BCUT2D eigenvalue weighted by Gasteiger charge is -2.24. The van der Waals surface area contributed by atoms with E-state index in [0.29, 0.717) is 12.6 Å². The average molecular weight is 196 g/mol. The second-order valence-electron chi connectivity index (χ2n) is 3.91. The quantitative estimate of drug-likeness (QED) is 0.651. The maximum atomic E-state index is 11.9. The van der Waals surface area contributed by atoms with E-state index in [1.165, 1.54) is 0 Å². The van der Waals surface area contributed by atoms with Gasteiger partial charge in [0.2, 0.25) is 5.91 Å². The normalized spacial score (nSPS) is 17.6. The van der Waals surface area contributed by atoms with Crippen LogP contribution in [0, 0.1) is 0 Å². The Balaban J connectivity index is 2.48. The van der Waals surface area contributed by atoms with E-state index in [4.69, 9.17) is 5.73 Å². The van der Waals surface area contributed by atoms with E-state index >= 15 is 0 Å². The van der Waals surface area contributed by atoms with E-state index in [-0.39, 0.29) is 11.9 Å². The van der Waals surface area contributed by atoms with Crippen LogP contribution in [-0.4, -0.2) is 29.4 Å². The molecule has 1 atom stereocenters. The van der Waals surface area contributed by atoms with Gasteiger partial charge >= 0.3 is 0 Å². The van der Waals surface area contributed by atoms with Crippen molar-refractivity contribution in [2.75, 3.05) is 6.54 Å². The van der Waals surface area contributed by atoms with Crippen molar-refractivity contribution in [2.45, 2.75) is 44.7 Å². The fourth-order valence-corrected chi connectivity index (χ4v) is 1.59. The predicted molar refractivity (Wildman–Crippen MR) is 57.8 cm³/mol. The van der Waals surface area contributed by atoms with Crippen LogP contribution in [0.3, 0.4) is 0 Å². The van der Waals surface area contributed by atoms with Gasteiger partial charge in [0.15, 0.2) is 0 Å². The summed E-state index contributed by atoms with van der Waals surface area (Å²) < 4.78 is 0. The first-order chi connectivity index (χ1) is 6.70. The number of amides is 1. The molecule has 1 rings (SSSR count). The van der Waals surface area contributed by atoms with Crippen LogP contribution in [-0.2, 0) is 4.79 Å². The van der Waals surface area contributed by atoms with Crippen molar-refractivity contribution in [3.63, 3.8) is 0 Å². The van der Waals surface area contributed by atoms with Crippen molar-refractivity contribution in [3.05, 3.63) is 12.7 Å². The Morgan fingerprint density at radius 2 is 2.36 bits per heavy atom. The molecule has 80 valence electrons. The minimum absolute atomic E-state index is 0.0919. The SMILES string of the molecule is C=CCN(C(=O)[C@H](N)CCC)C1CC1. The Bertz CT molecular complexity index is 211. The Labute approximate surface area is 86.0 Å². The molecule has 0 aliphatic heterocycles. The van der Waals surface area contributed by atoms with Crippen LogP contribution in [0.4, 0.5) is 0 Å². The van der Waals surface area contributed by atoms with Crippen molar-refractivity contribution in [3.8, 4) is 0 Å². The zero-order chi connectivity index (χ0) is 10.6. The van der Waals surface area contributed by atoms with E-state index in [2.05, 4.69) is 6.58 Å². The third-order valence-electron chi connectivity index (χ3n) is 2.51. The molecule has 3 nitrogen and oxygen atoms in total. The van der Waals surface area contributed by atoms with Crippen molar-refractivity contribution in [1.82, 2.24) is 4.90 Å². The summed E-state index contributed by atoms with van der Waals surface area (Å²) in [5.74, 6) is 0.0919. The molecule has 14 heavy (non-hydrogen) atoms. The van der Waals surface area contributed by atoms with Gasteiger partial charge in [-0.2, -0.15) is 0 Å². The maximum absolute atomic E-state index is 11.9. The van der Waals surface area contributed by atoms with Gasteiger partial charge in [0.05, 0.1) is 6.04 Å². The van der Waals surface area contributed by atoms with E-state index in [0.717, 1.165) is 25.7 Å². The smallest absolute Gasteiger partial charge is 0.240 e. The van der Waals surface area contributed by atoms with E-state index < -0.39 is 0 Å². The van der Waals surface area contributed by atoms with Gasteiger partial charge in [-0.05, 0) is 19.3 Å². The van der Waals surface area contributed by atoms with Crippen molar-refractivity contribution in [2.24, 2.45) is 5.73 Å². The fraction of sp³-hybridized carbons (Fsp3) is 0.727. The molecular formula is C11H20N2O. The highest BCUT2D eigenvalue weighted by Gasteiger charge is 2.33. The van der Waals surface area contributed by atoms with Gasteiger partial charge in [0.25, 0.3) is 0 Å². The monoisotopic (exact) mass is 196 g/mol. The first-order valence-electron chi connectivity index (χ1n) is 5.37. The Morgan fingerprint density at radius 1 is 1.71 bits per heavy atom. The van der Waals surface area contributed by atoms with Crippen LogP contribution < -0.4 is 5.73 Å². The molecule has 0 aromatic carbocycles. The van der Waals surface area contributed by atoms with E-state index in [1.807, 2.05) is 11.8 Å². The highest BCUT2D eigenvalue weighted by molar-refractivity contribution is 5.82. The van der Waals surface area contributed by atoms with Gasteiger partial charge in [0.1, 0.15) is 0 Å². The molecular weight excluding hydrogens is 176 g/mol. The van der Waals surface area contributed by atoms with Gasteiger partial charge in [0, 0.05) is 12.6 Å². The third-order valence-corrected chi connectivity index (χ3v) is 2.51. The van der Waals surface area contributed by atoms with Gasteiger partial charge < -0.3 is 10.6 Å². The molecule has 0 saturated heterocycles. The summed E-state index contributed by atoms with van der Waals surface area (Å²) in [4.78, 5) is 13.7. The fourth-order valence-electron chi connectivity index (χ4n) is 1.59. The number of nitrogens with zero attached hydrogens (tertiary/aromatic N) is 1. The van der Waals surface area contributed by atoms with Crippen LogP contribution in [0.15, 0.2) is 12.7 Å². The molecule has 0 spiro atoms. The summed E-state index contributed by atoms with van der Waals surface area (Å²) in [7, 11) is 0. The van der Waals surface area contributed by atoms with Gasteiger partial charge in [-0.1, -0.05) is 19.4 Å². The van der Waals surface area contributed by atoms with Crippen LogP contribution in [0.25, 0.3) is 0 Å². The standard InChI is InChI=1S/C11H20N2O/c1-3-5-10(12)11(14)13(8-4-2)9-6-7-9/h4,9-10H,2-3,5-8,12H2,1H3/t10-/m1/s1. The molecule has 0 aromatic heterocycles. The molecule has 1 fully saturated rings. The molecule has 1 amide bonds. The summed E-state index contributed by atoms with van der Waals surface area (Å²) in [6, 6.07) is 0.115. The van der Waals surface area contributed by atoms with Crippen molar-refractivity contribution >= 4 is 5.91 Å². The summed E-state index contributed by atoms with van der Waals surface area (Å²) in [5.41, 5.74) is 5.80. The van der Waals surface area contributed by atoms with Crippen molar-refractivity contribution < 1.29 is 4.79 Å². The van der Waals surface area contributed by atoms with Gasteiger partial charge in [-0.25, -0.2) is 0 Å². The number of rotatable bonds is 6. The minimum atomic E-state index is -0.319. The van der Waals surface area contributed by atoms with Crippen LogP contribution in [0.1, 0.15) is 32.6 Å². The predicted octanol–water partition coefficient (Wildman–Crippen LogP) is 1.29. The molecule has 1 saturated carbocycles. The number of nitrogens with two attached hydrogens (primary N) is 1. The summed E-state index contributed by atoms with van der Waals surface area (Å²) in [6.45, 7) is 6.35. The lowest BCUT2D eigenvalue weighted by Crippen LogP contribution is -2.44. The number of hydrogen-bond acceptors (Lipinski definition) is 2. The Morgan fingerprint density at radius 3 is 2.79 bits per heavy atom. The summed E-state index contributed by atoms with van der Waals surface area (Å²) >= 11 is 0. The average Bonchev–Trinajstić information content (AvgIpc) is 2.97. The zero-order valence-corrected chi connectivity index (χ0v) is 8.91. The highest BCUT2D eigenvalue weighted by atomic mass is 16.2. The first-order valence-corrected chi connectivity index (χ1v) is 5.37. The molecule has 3 heteroatoms. The van der Waals surface area contributed by atoms with E-state index in [1.54, 1.807) is 6.08 Å². The largest absolute Gasteiger partial charge is 0.335 e. The zero-order valence-electron chi connectivity index (χ0n) is 8.91. The first kappa shape index (κ1) is 11.2. The van der Waals surface area contributed by atoms with Crippen LogP contribution in [0.2, 0.25) is 0 Å². The molecule has 1 aliphatic carbocycles. The van der Waals surface area contributed by atoms with E-state index in [9.17, 15) is 4.79 Å². The molecule has 0 unspecified atom stereocenters. The Kier molecular flexibility index (Phi) is 4.14. The lowest BCUT2D eigenvalue weighted by molar-refractivity contribution is -0.132. The summed E-state index contributed by atoms with van der Waals surface area (Å²) in [6.07, 6.45) is 5.75. The van der Waals surface area contributed by atoms with Gasteiger partial charge in [-0.15, -0.1) is 6.58 Å². The number of carbonyl (C=O) groups excluding carboxylic acids is 1. The lowest BCUT2D eigenvalue weighted by atomic mass is 10.1. The molecule has 0 heterocycles. The van der Waals surface area contributed by atoms with Crippen LogP contribution in [0.5, 0.6) is 0 Å². The highest BCUT2D eigenvalue weighted by Crippen LogP contribution is 2.27. The number of hydrogen-bond donors (Lipinski definition) is 1. The Hall–Kier alpha value is -0.830. The molecule has 0 bridgehead atoms. The topological polar surface area (TPSA) is 46.3 Å². The second kappa shape index (κ2) is 5.15.